The number of fused-ring (bicyclic) bond motifs is 1. The molecule has 0 spiro atoms. The number of hydrogen-bond acceptors (Lipinski definition) is 1. The average molecular weight is 348 g/mol. The van der Waals surface area contributed by atoms with Crippen molar-refractivity contribution in [3.63, 3.8) is 0 Å². The van der Waals surface area contributed by atoms with Crippen LogP contribution in [0.2, 0.25) is 0 Å². The molecule has 2 unspecified atom stereocenters. The summed E-state index contributed by atoms with van der Waals surface area (Å²) in [6.07, 6.45) is 3.64. The zero-order chi connectivity index (χ0) is 11.4. The van der Waals surface area contributed by atoms with Gasteiger partial charge in [-0.2, -0.15) is 0 Å². The maximum Gasteiger partial charge on any atom is 0.0955 e. The minimum atomic E-state index is 0.242. The van der Waals surface area contributed by atoms with Gasteiger partial charge in [-0.3, -0.25) is 0 Å². The minimum Gasteiger partial charge on any atom is -0.372 e. The van der Waals surface area contributed by atoms with Crippen molar-refractivity contribution >= 4 is 31.9 Å². The van der Waals surface area contributed by atoms with Gasteiger partial charge >= 0.3 is 0 Å². The number of unbranched alkanes of at least 4 members (excludes halogenated alkanes) is 1. The van der Waals surface area contributed by atoms with E-state index in [-0.39, 0.29) is 6.10 Å². The van der Waals surface area contributed by atoms with Crippen molar-refractivity contribution in [3.8, 4) is 0 Å². The summed E-state index contributed by atoms with van der Waals surface area (Å²) >= 11 is 7.16. The minimum absolute atomic E-state index is 0.242. The number of ether oxygens (including phenoxy) is 1. The highest BCUT2D eigenvalue weighted by Crippen LogP contribution is 2.38. The Hall–Kier alpha value is 0.140. The van der Waals surface area contributed by atoms with Crippen LogP contribution in [0.5, 0.6) is 0 Å². The highest BCUT2D eigenvalue weighted by Gasteiger charge is 2.30. The van der Waals surface area contributed by atoms with Gasteiger partial charge in [0.1, 0.15) is 0 Å². The van der Waals surface area contributed by atoms with E-state index in [0.29, 0.717) is 4.83 Å². The lowest BCUT2D eigenvalue weighted by molar-refractivity contribution is 0.0571. The van der Waals surface area contributed by atoms with Crippen LogP contribution in [0, 0.1) is 0 Å². The van der Waals surface area contributed by atoms with Gasteiger partial charge in [0, 0.05) is 16.8 Å². The third-order valence-electron chi connectivity index (χ3n) is 2.93. The molecule has 0 saturated carbocycles. The van der Waals surface area contributed by atoms with E-state index in [9.17, 15) is 0 Å². The van der Waals surface area contributed by atoms with Gasteiger partial charge < -0.3 is 4.74 Å². The van der Waals surface area contributed by atoms with E-state index in [1.54, 1.807) is 0 Å². The molecular weight excluding hydrogens is 332 g/mol. The predicted octanol–water partition coefficient (Wildman–Crippen LogP) is 4.24. The summed E-state index contributed by atoms with van der Waals surface area (Å²) in [5, 5.41) is 1.06. The van der Waals surface area contributed by atoms with Crippen molar-refractivity contribution < 1.29 is 4.74 Å². The van der Waals surface area contributed by atoms with E-state index in [4.69, 9.17) is 4.74 Å². The normalized spacial score (nSPS) is 23.4. The summed E-state index contributed by atoms with van der Waals surface area (Å²) in [5.74, 6) is 0. The molecule has 1 aromatic rings. The van der Waals surface area contributed by atoms with Gasteiger partial charge in [-0.25, -0.2) is 0 Å². The lowest BCUT2D eigenvalue weighted by Crippen LogP contribution is -2.11. The fourth-order valence-electron chi connectivity index (χ4n) is 2.11. The third-order valence-corrected chi connectivity index (χ3v) is 4.30. The van der Waals surface area contributed by atoms with Gasteiger partial charge in [0.25, 0.3) is 0 Å². The molecule has 2 rings (SSSR count). The average Bonchev–Trinajstić information content (AvgIpc) is 2.61. The van der Waals surface area contributed by atoms with Crippen LogP contribution < -0.4 is 0 Å². The van der Waals surface area contributed by atoms with Crippen LogP contribution in [-0.2, 0) is 11.2 Å². The zero-order valence-electron chi connectivity index (χ0n) is 9.16. The second kappa shape index (κ2) is 6.18. The molecule has 0 heterocycles. The molecular formula is C13H16Br2O. The SMILES string of the molecule is BrCCCCOC1c2ccccc2CC1Br. The number of alkyl halides is 2. The molecule has 1 aromatic carbocycles. The first-order valence-electron chi connectivity index (χ1n) is 5.72. The van der Waals surface area contributed by atoms with Crippen molar-refractivity contribution in [2.75, 3.05) is 11.9 Å². The van der Waals surface area contributed by atoms with E-state index >= 15 is 0 Å². The Morgan fingerprint density at radius 1 is 1.25 bits per heavy atom. The van der Waals surface area contributed by atoms with Crippen molar-refractivity contribution in [1.82, 2.24) is 0 Å². The summed E-state index contributed by atoms with van der Waals surface area (Å²) in [6.45, 7) is 0.854. The van der Waals surface area contributed by atoms with Gasteiger partial charge in [0.05, 0.1) is 6.10 Å². The second-order valence-electron chi connectivity index (χ2n) is 4.11. The molecule has 0 fully saturated rings. The highest BCUT2D eigenvalue weighted by atomic mass is 79.9. The van der Waals surface area contributed by atoms with Gasteiger partial charge in [0.2, 0.25) is 0 Å². The predicted molar refractivity (Wildman–Crippen MR) is 74.6 cm³/mol. The molecule has 0 aliphatic heterocycles. The summed E-state index contributed by atoms with van der Waals surface area (Å²) in [4.78, 5) is 0.439. The Morgan fingerprint density at radius 2 is 2.06 bits per heavy atom. The lowest BCUT2D eigenvalue weighted by atomic mass is 10.1. The molecule has 0 radical (unpaired) electrons. The molecule has 1 aliphatic carbocycles. The van der Waals surface area contributed by atoms with Gasteiger partial charge in [0.15, 0.2) is 0 Å². The fraction of sp³-hybridized carbons (Fsp3) is 0.538. The molecule has 3 heteroatoms. The van der Waals surface area contributed by atoms with Crippen molar-refractivity contribution in [2.45, 2.75) is 30.2 Å². The Bertz CT molecular complexity index is 340. The van der Waals surface area contributed by atoms with Crippen LogP contribution in [0.15, 0.2) is 24.3 Å². The molecule has 0 saturated heterocycles. The van der Waals surface area contributed by atoms with Crippen LogP contribution in [0.4, 0.5) is 0 Å². The van der Waals surface area contributed by atoms with Crippen molar-refractivity contribution in [3.05, 3.63) is 35.4 Å². The number of benzene rings is 1. The Balaban J connectivity index is 1.94. The monoisotopic (exact) mass is 346 g/mol. The lowest BCUT2D eigenvalue weighted by Gasteiger charge is -2.16. The molecule has 0 N–H and O–H groups in total. The van der Waals surface area contributed by atoms with Gasteiger partial charge in [-0.15, -0.1) is 0 Å². The van der Waals surface area contributed by atoms with E-state index in [1.165, 1.54) is 17.5 Å². The van der Waals surface area contributed by atoms with Gasteiger partial charge in [-0.05, 0) is 30.4 Å². The molecule has 88 valence electrons. The number of halogens is 2. The largest absolute Gasteiger partial charge is 0.372 e. The molecule has 16 heavy (non-hydrogen) atoms. The van der Waals surface area contributed by atoms with Crippen LogP contribution in [0.25, 0.3) is 0 Å². The van der Waals surface area contributed by atoms with Crippen LogP contribution in [0.3, 0.4) is 0 Å². The Morgan fingerprint density at radius 3 is 2.88 bits per heavy atom. The van der Waals surface area contributed by atoms with Crippen LogP contribution in [0.1, 0.15) is 30.1 Å². The first kappa shape index (κ1) is 12.6. The fourth-order valence-corrected chi connectivity index (χ4v) is 3.29. The summed E-state index contributed by atoms with van der Waals surface area (Å²) in [6, 6.07) is 8.58. The number of hydrogen-bond donors (Lipinski definition) is 0. The Kier molecular flexibility index (Phi) is 4.86. The summed E-state index contributed by atoms with van der Waals surface area (Å²) in [7, 11) is 0. The maximum atomic E-state index is 5.98. The molecule has 2 atom stereocenters. The molecule has 1 aliphatic rings. The van der Waals surface area contributed by atoms with Crippen LogP contribution >= 0.6 is 31.9 Å². The molecule has 0 aromatic heterocycles. The van der Waals surface area contributed by atoms with E-state index in [2.05, 4.69) is 56.1 Å². The highest BCUT2D eigenvalue weighted by molar-refractivity contribution is 9.09. The first-order chi connectivity index (χ1) is 7.83. The summed E-state index contributed by atoms with van der Waals surface area (Å²) < 4.78 is 5.98. The van der Waals surface area contributed by atoms with Crippen molar-refractivity contribution in [2.24, 2.45) is 0 Å². The smallest absolute Gasteiger partial charge is 0.0955 e. The van der Waals surface area contributed by atoms with E-state index < -0.39 is 0 Å². The third kappa shape index (κ3) is 2.88. The first-order valence-corrected chi connectivity index (χ1v) is 7.76. The standard InChI is InChI=1S/C13H16Br2O/c14-7-3-4-8-16-13-11-6-2-1-5-10(11)9-12(13)15/h1-2,5-6,12-13H,3-4,7-9H2. The maximum absolute atomic E-state index is 5.98. The molecule has 0 amide bonds. The zero-order valence-corrected chi connectivity index (χ0v) is 12.3. The second-order valence-corrected chi connectivity index (χ2v) is 6.08. The van der Waals surface area contributed by atoms with E-state index in [0.717, 1.165) is 24.8 Å². The topological polar surface area (TPSA) is 9.23 Å². The van der Waals surface area contributed by atoms with Gasteiger partial charge in [-0.1, -0.05) is 56.1 Å². The van der Waals surface area contributed by atoms with E-state index in [1.807, 2.05) is 0 Å². The van der Waals surface area contributed by atoms with Crippen molar-refractivity contribution in [1.29, 1.82) is 0 Å². The Labute approximate surface area is 114 Å². The van der Waals surface area contributed by atoms with Crippen LogP contribution in [-0.4, -0.2) is 16.8 Å². The number of rotatable bonds is 5. The quantitative estimate of drug-likeness (QED) is 0.571. The molecule has 0 bridgehead atoms. The molecule has 1 nitrogen and oxygen atoms in total. The summed E-state index contributed by atoms with van der Waals surface area (Å²) in [5.41, 5.74) is 2.79.